The third-order valence-corrected chi connectivity index (χ3v) is 4.21. The number of halogens is 1. The number of esters is 1. The highest BCUT2D eigenvalue weighted by atomic mass is 79.9. The maximum absolute atomic E-state index is 11.9. The van der Waals surface area contributed by atoms with E-state index in [2.05, 4.69) is 20.7 Å². The van der Waals surface area contributed by atoms with Gasteiger partial charge < -0.3 is 4.74 Å². The number of methoxy groups -OCH3 is 1. The molecule has 1 aromatic carbocycles. The maximum atomic E-state index is 11.9. The van der Waals surface area contributed by atoms with Crippen LogP contribution in [0.4, 0.5) is 0 Å². The summed E-state index contributed by atoms with van der Waals surface area (Å²) in [5.74, 6) is -0.395. The van der Waals surface area contributed by atoms with Gasteiger partial charge in [-0.2, -0.15) is 0 Å². The molecular formula is C11H13BrO3S. The molecule has 0 radical (unpaired) electrons. The number of rotatable bonds is 4. The van der Waals surface area contributed by atoms with Crippen molar-refractivity contribution in [3.05, 3.63) is 28.7 Å². The summed E-state index contributed by atoms with van der Waals surface area (Å²) in [5, 5.41) is 0. The van der Waals surface area contributed by atoms with Crippen molar-refractivity contribution in [1.82, 2.24) is 0 Å². The molecule has 5 heteroatoms. The van der Waals surface area contributed by atoms with Gasteiger partial charge in [-0.05, 0) is 24.3 Å². The summed E-state index contributed by atoms with van der Waals surface area (Å²) in [6, 6.07) is 7.22. The first-order valence-electron chi connectivity index (χ1n) is 4.76. The molecule has 0 amide bonds. The number of hydrogen-bond acceptors (Lipinski definition) is 3. The molecule has 16 heavy (non-hydrogen) atoms. The lowest BCUT2D eigenvalue weighted by atomic mass is 10.2. The number of carbonyl (C=O) groups is 1. The van der Waals surface area contributed by atoms with Crippen molar-refractivity contribution in [2.75, 3.05) is 12.9 Å². The molecule has 0 aliphatic carbocycles. The van der Waals surface area contributed by atoms with Gasteiger partial charge in [-0.1, -0.05) is 22.9 Å². The Morgan fingerprint density at radius 2 is 2.00 bits per heavy atom. The molecule has 0 heterocycles. The van der Waals surface area contributed by atoms with E-state index in [1.54, 1.807) is 19.1 Å². The Bertz CT molecular complexity index is 389. The zero-order chi connectivity index (χ0) is 12.1. The molecule has 0 aromatic heterocycles. The van der Waals surface area contributed by atoms with E-state index in [0.717, 1.165) is 9.37 Å². The molecule has 0 fully saturated rings. The quantitative estimate of drug-likeness (QED) is 0.802. The van der Waals surface area contributed by atoms with Crippen LogP contribution in [0.3, 0.4) is 0 Å². The Balaban J connectivity index is 2.65. The average molecular weight is 305 g/mol. The van der Waals surface area contributed by atoms with Gasteiger partial charge in [-0.25, -0.2) is 0 Å². The first-order valence-corrected chi connectivity index (χ1v) is 6.87. The van der Waals surface area contributed by atoms with Crippen LogP contribution in [0.2, 0.25) is 0 Å². The lowest BCUT2D eigenvalue weighted by Gasteiger charge is -2.08. The molecule has 2 atom stereocenters. The van der Waals surface area contributed by atoms with Crippen LogP contribution in [0.25, 0.3) is 0 Å². The summed E-state index contributed by atoms with van der Waals surface area (Å²) in [5.41, 5.74) is 0. The van der Waals surface area contributed by atoms with Crippen LogP contribution in [0, 0.1) is 5.92 Å². The van der Waals surface area contributed by atoms with Crippen molar-refractivity contribution in [3.63, 3.8) is 0 Å². The molecule has 0 bridgehead atoms. The van der Waals surface area contributed by atoms with Crippen molar-refractivity contribution < 1.29 is 13.7 Å². The van der Waals surface area contributed by atoms with E-state index in [9.17, 15) is 9.00 Å². The molecule has 1 aromatic rings. The molecule has 0 N–H and O–H groups in total. The fourth-order valence-corrected chi connectivity index (χ4v) is 2.67. The zero-order valence-electron chi connectivity index (χ0n) is 9.10. The second-order valence-corrected chi connectivity index (χ2v) is 5.80. The molecule has 0 aliphatic rings. The van der Waals surface area contributed by atoms with Crippen molar-refractivity contribution in [3.8, 4) is 0 Å². The largest absolute Gasteiger partial charge is 0.469 e. The third kappa shape index (κ3) is 3.72. The summed E-state index contributed by atoms with van der Waals surface area (Å²) in [6.07, 6.45) is 0. The van der Waals surface area contributed by atoms with Gasteiger partial charge >= 0.3 is 5.97 Å². The highest BCUT2D eigenvalue weighted by molar-refractivity contribution is 9.10. The summed E-state index contributed by atoms with van der Waals surface area (Å²) in [6.45, 7) is 1.71. The number of hydrogen-bond donors (Lipinski definition) is 0. The fraction of sp³-hybridized carbons (Fsp3) is 0.364. The zero-order valence-corrected chi connectivity index (χ0v) is 11.5. The number of carbonyl (C=O) groups excluding carboxylic acids is 1. The normalized spacial score (nSPS) is 14.2. The second kappa shape index (κ2) is 6.15. The highest BCUT2D eigenvalue weighted by Gasteiger charge is 2.17. The van der Waals surface area contributed by atoms with E-state index in [4.69, 9.17) is 0 Å². The van der Waals surface area contributed by atoms with E-state index < -0.39 is 10.8 Å². The minimum Gasteiger partial charge on any atom is -0.469 e. The second-order valence-electron chi connectivity index (χ2n) is 3.39. The molecule has 0 saturated heterocycles. The van der Waals surface area contributed by atoms with Crippen molar-refractivity contribution >= 4 is 32.7 Å². The molecule has 0 aliphatic heterocycles. The molecule has 88 valence electrons. The van der Waals surface area contributed by atoms with Crippen molar-refractivity contribution in [1.29, 1.82) is 0 Å². The first-order chi connectivity index (χ1) is 7.54. The Morgan fingerprint density at radius 3 is 2.50 bits per heavy atom. The van der Waals surface area contributed by atoms with Crippen LogP contribution in [0.15, 0.2) is 33.6 Å². The SMILES string of the molecule is COC(=O)C(C)CS(=O)c1ccc(Br)cc1. The van der Waals surface area contributed by atoms with Crippen LogP contribution < -0.4 is 0 Å². The lowest BCUT2D eigenvalue weighted by Crippen LogP contribution is -2.19. The summed E-state index contributed by atoms with van der Waals surface area (Å²) < 4.78 is 17.4. The highest BCUT2D eigenvalue weighted by Crippen LogP contribution is 2.15. The van der Waals surface area contributed by atoms with Gasteiger partial charge in [-0.3, -0.25) is 9.00 Å². The molecule has 2 unspecified atom stereocenters. The monoisotopic (exact) mass is 304 g/mol. The van der Waals surface area contributed by atoms with Crippen LogP contribution in [-0.4, -0.2) is 23.0 Å². The summed E-state index contributed by atoms with van der Waals surface area (Å²) >= 11 is 3.31. The van der Waals surface area contributed by atoms with Gasteiger partial charge in [0.25, 0.3) is 0 Å². The standard InChI is InChI=1S/C11H13BrO3S/c1-8(11(13)15-2)7-16(14)10-5-3-9(12)4-6-10/h3-6,8H,7H2,1-2H3. The average Bonchev–Trinajstić information content (AvgIpc) is 2.28. The van der Waals surface area contributed by atoms with E-state index in [-0.39, 0.29) is 17.6 Å². The van der Waals surface area contributed by atoms with Gasteiger partial charge in [0.1, 0.15) is 0 Å². The number of benzene rings is 1. The van der Waals surface area contributed by atoms with Gasteiger partial charge in [0.2, 0.25) is 0 Å². The summed E-state index contributed by atoms with van der Waals surface area (Å²) in [7, 11) is 0.169. The van der Waals surface area contributed by atoms with Crippen LogP contribution in [0.1, 0.15) is 6.92 Å². The molecule has 3 nitrogen and oxygen atoms in total. The van der Waals surface area contributed by atoms with Gasteiger partial charge in [0, 0.05) is 15.1 Å². The number of ether oxygens (including phenoxy) is 1. The minimum absolute atomic E-state index is 0.286. The Hall–Kier alpha value is -0.680. The van der Waals surface area contributed by atoms with Crippen molar-refractivity contribution in [2.45, 2.75) is 11.8 Å². The third-order valence-electron chi connectivity index (χ3n) is 2.08. The molecule has 1 rings (SSSR count). The molecular weight excluding hydrogens is 292 g/mol. The first kappa shape index (κ1) is 13.4. The Labute approximate surface area is 106 Å². The van der Waals surface area contributed by atoms with Crippen LogP contribution in [-0.2, 0) is 20.3 Å². The van der Waals surface area contributed by atoms with Crippen LogP contribution >= 0.6 is 15.9 Å². The van der Waals surface area contributed by atoms with E-state index in [1.165, 1.54) is 7.11 Å². The van der Waals surface area contributed by atoms with E-state index in [1.807, 2.05) is 12.1 Å². The molecule has 0 saturated carbocycles. The van der Waals surface area contributed by atoms with Gasteiger partial charge in [-0.15, -0.1) is 0 Å². The van der Waals surface area contributed by atoms with Crippen LogP contribution in [0.5, 0.6) is 0 Å². The molecule has 0 spiro atoms. The van der Waals surface area contributed by atoms with Crippen molar-refractivity contribution in [2.24, 2.45) is 5.92 Å². The smallest absolute Gasteiger partial charge is 0.309 e. The Kier molecular flexibility index (Phi) is 5.15. The maximum Gasteiger partial charge on any atom is 0.309 e. The summed E-state index contributed by atoms with van der Waals surface area (Å²) in [4.78, 5) is 11.9. The predicted octanol–water partition coefficient (Wildman–Crippen LogP) is 2.37. The topological polar surface area (TPSA) is 43.4 Å². The predicted molar refractivity (Wildman–Crippen MR) is 66.6 cm³/mol. The van der Waals surface area contributed by atoms with E-state index >= 15 is 0 Å². The Morgan fingerprint density at radius 1 is 1.44 bits per heavy atom. The fourth-order valence-electron chi connectivity index (χ4n) is 1.18. The van der Waals surface area contributed by atoms with Gasteiger partial charge in [0.05, 0.1) is 23.8 Å². The van der Waals surface area contributed by atoms with E-state index in [0.29, 0.717) is 0 Å². The lowest BCUT2D eigenvalue weighted by molar-refractivity contribution is -0.144. The van der Waals surface area contributed by atoms with Gasteiger partial charge in [0.15, 0.2) is 0 Å². The minimum atomic E-state index is -1.17.